The number of hydrogen-bond acceptors (Lipinski definition) is 4. The standard InChI is InChI=1S/C14H17BrN2O2S2/c1-9-7-14(20-13(9)8-16)21(18,19)17-10(2)11-3-5-12(15)6-4-11/h3-7,10,17H,8,16H2,1-2H3. The van der Waals surface area contributed by atoms with E-state index in [-0.39, 0.29) is 6.04 Å². The van der Waals surface area contributed by atoms with Crippen molar-refractivity contribution in [2.45, 2.75) is 30.6 Å². The molecule has 0 amide bonds. The van der Waals surface area contributed by atoms with Gasteiger partial charge in [-0.3, -0.25) is 0 Å². The summed E-state index contributed by atoms with van der Waals surface area (Å²) in [6, 6.07) is 8.93. The minimum absolute atomic E-state index is 0.299. The Bertz CT molecular complexity index is 724. The summed E-state index contributed by atoms with van der Waals surface area (Å²) in [6.45, 7) is 4.05. The van der Waals surface area contributed by atoms with E-state index in [2.05, 4.69) is 20.7 Å². The second-order valence-electron chi connectivity index (χ2n) is 4.77. The highest BCUT2D eigenvalue weighted by atomic mass is 79.9. The van der Waals surface area contributed by atoms with Crippen molar-refractivity contribution in [1.29, 1.82) is 0 Å². The SMILES string of the molecule is Cc1cc(S(=O)(=O)NC(C)c2ccc(Br)cc2)sc1CN. The van der Waals surface area contributed by atoms with Crippen molar-refractivity contribution < 1.29 is 8.42 Å². The molecular weight excluding hydrogens is 372 g/mol. The largest absolute Gasteiger partial charge is 0.326 e. The molecule has 3 N–H and O–H groups in total. The molecular formula is C14H17BrN2O2S2. The molecule has 1 aromatic heterocycles. The molecule has 0 aliphatic heterocycles. The smallest absolute Gasteiger partial charge is 0.250 e. The number of nitrogens with two attached hydrogens (primary N) is 1. The maximum Gasteiger partial charge on any atom is 0.250 e. The molecule has 2 aromatic rings. The average molecular weight is 389 g/mol. The Balaban J connectivity index is 2.22. The summed E-state index contributed by atoms with van der Waals surface area (Å²) in [5.41, 5.74) is 7.43. The monoisotopic (exact) mass is 388 g/mol. The van der Waals surface area contributed by atoms with E-state index in [0.717, 1.165) is 20.5 Å². The lowest BCUT2D eigenvalue weighted by Gasteiger charge is -2.13. The molecule has 1 heterocycles. The van der Waals surface area contributed by atoms with Gasteiger partial charge in [0.1, 0.15) is 4.21 Å². The summed E-state index contributed by atoms with van der Waals surface area (Å²) in [5, 5.41) is 0. The van der Waals surface area contributed by atoms with Gasteiger partial charge in [-0.15, -0.1) is 11.3 Å². The Morgan fingerprint density at radius 1 is 1.33 bits per heavy atom. The fraction of sp³-hybridized carbons (Fsp3) is 0.286. The molecule has 0 aliphatic rings. The molecule has 2 rings (SSSR count). The summed E-state index contributed by atoms with van der Waals surface area (Å²) >= 11 is 4.59. The first kappa shape index (κ1) is 16.6. The van der Waals surface area contributed by atoms with Crippen LogP contribution >= 0.6 is 27.3 Å². The van der Waals surface area contributed by atoms with Gasteiger partial charge in [0.25, 0.3) is 10.0 Å². The summed E-state index contributed by atoms with van der Waals surface area (Å²) in [5.74, 6) is 0. The van der Waals surface area contributed by atoms with Gasteiger partial charge < -0.3 is 5.73 Å². The van der Waals surface area contributed by atoms with E-state index in [1.807, 2.05) is 38.1 Å². The third-order valence-corrected chi connectivity index (χ3v) is 6.95. The lowest BCUT2D eigenvalue weighted by molar-refractivity contribution is 0.569. The third kappa shape index (κ3) is 3.92. The number of aryl methyl sites for hydroxylation is 1. The van der Waals surface area contributed by atoms with Crippen molar-refractivity contribution >= 4 is 37.3 Å². The van der Waals surface area contributed by atoms with Crippen LogP contribution in [0, 0.1) is 6.92 Å². The van der Waals surface area contributed by atoms with Crippen LogP contribution in [0.2, 0.25) is 0 Å². The highest BCUT2D eigenvalue weighted by Gasteiger charge is 2.21. The number of rotatable bonds is 5. The normalized spacial score (nSPS) is 13.3. The molecule has 1 aromatic carbocycles. The van der Waals surface area contributed by atoms with Gasteiger partial charge in [-0.2, -0.15) is 0 Å². The van der Waals surface area contributed by atoms with Gasteiger partial charge in [0.2, 0.25) is 0 Å². The Morgan fingerprint density at radius 2 is 1.95 bits per heavy atom. The molecule has 114 valence electrons. The Morgan fingerprint density at radius 3 is 2.48 bits per heavy atom. The molecule has 1 unspecified atom stereocenters. The van der Waals surface area contributed by atoms with Gasteiger partial charge in [0, 0.05) is 21.9 Å². The third-order valence-electron chi connectivity index (χ3n) is 3.15. The van der Waals surface area contributed by atoms with Gasteiger partial charge in [0.15, 0.2) is 0 Å². The highest BCUT2D eigenvalue weighted by molar-refractivity contribution is 9.10. The predicted molar refractivity (Wildman–Crippen MR) is 89.8 cm³/mol. The molecule has 0 aliphatic carbocycles. The number of sulfonamides is 1. The fourth-order valence-corrected chi connectivity index (χ4v) is 4.91. The van der Waals surface area contributed by atoms with Crippen molar-refractivity contribution in [3.05, 3.63) is 50.8 Å². The minimum Gasteiger partial charge on any atom is -0.326 e. The van der Waals surface area contributed by atoms with E-state index < -0.39 is 10.0 Å². The Hall–Kier alpha value is -0.730. The number of benzene rings is 1. The summed E-state index contributed by atoms with van der Waals surface area (Å²) in [4.78, 5) is 0.895. The second kappa shape index (κ2) is 6.58. The molecule has 0 spiro atoms. The van der Waals surface area contributed by atoms with Crippen LogP contribution in [0.3, 0.4) is 0 Å². The maximum atomic E-state index is 12.4. The molecule has 0 saturated heterocycles. The van der Waals surface area contributed by atoms with Gasteiger partial charge in [-0.25, -0.2) is 13.1 Å². The van der Waals surface area contributed by atoms with Gasteiger partial charge in [-0.1, -0.05) is 28.1 Å². The van der Waals surface area contributed by atoms with E-state index in [1.54, 1.807) is 6.07 Å². The van der Waals surface area contributed by atoms with E-state index in [0.29, 0.717) is 10.8 Å². The average Bonchev–Trinajstić information content (AvgIpc) is 2.81. The molecule has 7 heteroatoms. The number of halogens is 1. The van der Waals surface area contributed by atoms with Crippen LogP contribution < -0.4 is 10.5 Å². The van der Waals surface area contributed by atoms with Crippen molar-refractivity contribution in [3.8, 4) is 0 Å². The summed E-state index contributed by atoms with van der Waals surface area (Å²) < 4.78 is 28.8. The van der Waals surface area contributed by atoms with Crippen LogP contribution in [0.4, 0.5) is 0 Å². The maximum absolute atomic E-state index is 12.4. The van der Waals surface area contributed by atoms with Crippen molar-refractivity contribution in [3.63, 3.8) is 0 Å². The van der Waals surface area contributed by atoms with Gasteiger partial charge in [0.05, 0.1) is 0 Å². The molecule has 0 fully saturated rings. The first-order chi connectivity index (χ1) is 9.83. The molecule has 0 bridgehead atoms. The predicted octanol–water partition coefficient (Wildman–Crippen LogP) is 3.32. The number of nitrogens with one attached hydrogen (secondary N) is 1. The van der Waals surface area contributed by atoms with Crippen LogP contribution in [0.5, 0.6) is 0 Å². The molecule has 1 atom stereocenters. The lowest BCUT2D eigenvalue weighted by Crippen LogP contribution is -2.26. The number of thiophene rings is 1. The quantitative estimate of drug-likeness (QED) is 0.824. The zero-order valence-electron chi connectivity index (χ0n) is 11.8. The fourth-order valence-electron chi connectivity index (χ4n) is 1.93. The van der Waals surface area contributed by atoms with Crippen LogP contribution in [0.15, 0.2) is 39.0 Å². The first-order valence-electron chi connectivity index (χ1n) is 6.40. The van der Waals surface area contributed by atoms with E-state index in [9.17, 15) is 8.42 Å². The highest BCUT2D eigenvalue weighted by Crippen LogP contribution is 2.27. The van der Waals surface area contributed by atoms with E-state index >= 15 is 0 Å². The summed E-state index contributed by atoms with van der Waals surface area (Å²) in [6.07, 6.45) is 0. The Labute approximate surface area is 137 Å². The van der Waals surface area contributed by atoms with Crippen LogP contribution in [-0.4, -0.2) is 8.42 Å². The van der Waals surface area contributed by atoms with E-state index in [4.69, 9.17) is 5.73 Å². The molecule has 0 saturated carbocycles. The van der Waals surface area contributed by atoms with Crippen LogP contribution in [0.25, 0.3) is 0 Å². The topological polar surface area (TPSA) is 72.2 Å². The lowest BCUT2D eigenvalue weighted by atomic mass is 10.1. The Kier molecular flexibility index (Phi) is 5.21. The van der Waals surface area contributed by atoms with Crippen molar-refractivity contribution in [2.24, 2.45) is 5.73 Å². The summed E-state index contributed by atoms with van der Waals surface area (Å²) in [7, 11) is -3.53. The zero-order valence-corrected chi connectivity index (χ0v) is 15.0. The molecule has 0 radical (unpaired) electrons. The first-order valence-corrected chi connectivity index (χ1v) is 9.50. The molecule has 4 nitrogen and oxygen atoms in total. The van der Waals surface area contributed by atoms with Gasteiger partial charge in [-0.05, 0) is 43.2 Å². The van der Waals surface area contributed by atoms with Crippen LogP contribution in [0.1, 0.15) is 29.0 Å². The number of hydrogen-bond donors (Lipinski definition) is 2. The minimum atomic E-state index is -3.53. The van der Waals surface area contributed by atoms with Crippen molar-refractivity contribution in [2.75, 3.05) is 0 Å². The van der Waals surface area contributed by atoms with Gasteiger partial charge >= 0.3 is 0 Å². The zero-order chi connectivity index (χ0) is 15.6. The van der Waals surface area contributed by atoms with Crippen molar-refractivity contribution in [1.82, 2.24) is 4.72 Å². The molecule has 21 heavy (non-hydrogen) atoms. The van der Waals surface area contributed by atoms with E-state index in [1.165, 1.54) is 11.3 Å². The van der Waals surface area contributed by atoms with Crippen LogP contribution in [-0.2, 0) is 16.6 Å². The second-order valence-corrected chi connectivity index (χ2v) is 8.76.